The fourth-order valence-corrected chi connectivity index (χ4v) is 2.54. The SMILES string of the molecule is Cc1cc([N+](=O)[O-])ccc1NC(C)c1cc(Cl)ccc1Cl. The zero-order chi connectivity index (χ0) is 15.6. The van der Waals surface area contributed by atoms with Crippen molar-refractivity contribution in [3.63, 3.8) is 0 Å². The van der Waals surface area contributed by atoms with E-state index in [0.29, 0.717) is 10.0 Å². The van der Waals surface area contributed by atoms with Crippen LogP contribution < -0.4 is 5.32 Å². The Morgan fingerprint density at radius 2 is 1.90 bits per heavy atom. The normalized spacial score (nSPS) is 12.0. The minimum absolute atomic E-state index is 0.0728. The van der Waals surface area contributed by atoms with Crippen LogP contribution in [-0.4, -0.2) is 4.92 Å². The van der Waals surface area contributed by atoms with E-state index in [2.05, 4.69) is 5.32 Å². The van der Waals surface area contributed by atoms with Gasteiger partial charge in [-0.05, 0) is 49.2 Å². The lowest BCUT2D eigenvalue weighted by molar-refractivity contribution is -0.384. The highest BCUT2D eigenvalue weighted by atomic mass is 35.5. The lowest BCUT2D eigenvalue weighted by Crippen LogP contribution is -2.08. The number of halogens is 2. The number of anilines is 1. The molecule has 0 bridgehead atoms. The molecule has 0 heterocycles. The molecule has 0 aromatic heterocycles. The quantitative estimate of drug-likeness (QED) is 0.606. The van der Waals surface area contributed by atoms with Crippen molar-refractivity contribution in [2.45, 2.75) is 19.9 Å². The molecule has 1 N–H and O–H groups in total. The van der Waals surface area contributed by atoms with Gasteiger partial charge < -0.3 is 5.32 Å². The molecule has 21 heavy (non-hydrogen) atoms. The summed E-state index contributed by atoms with van der Waals surface area (Å²) in [5.41, 5.74) is 2.58. The van der Waals surface area contributed by atoms with Gasteiger partial charge >= 0.3 is 0 Å². The van der Waals surface area contributed by atoms with Crippen molar-refractivity contribution in [2.75, 3.05) is 5.32 Å². The third-order valence-electron chi connectivity index (χ3n) is 3.22. The number of rotatable bonds is 4. The Morgan fingerprint density at radius 1 is 1.19 bits per heavy atom. The fourth-order valence-electron chi connectivity index (χ4n) is 2.08. The number of hydrogen-bond donors (Lipinski definition) is 1. The number of nitro groups is 1. The molecule has 4 nitrogen and oxygen atoms in total. The Balaban J connectivity index is 2.25. The molecule has 1 unspecified atom stereocenters. The summed E-state index contributed by atoms with van der Waals surface area (Å²) in [6.07, 6.45) is 0. The number of benzene rings is 2. The molecule has 2 aromatic rings. The van der Waals surface area contributed by atoms with Gasteiger partial charge in [-0.25, -0.2) is 0 Å². The van der Waals surface area contributed by atoms with Crippen LogP contribution in [0, 0.1) is 17.0 Å². The van der Waals surface area contributed by atoms with E-state index < -0.39 is 4.92 Å². The summed E-state index contributed by atoms with van der Waals surface area (Å²) in [6, 6.07) is 9.93. The van der Waals surface area contributed by atoms with E-state index >= 15 is 0 Å². The second-order valence-corrected chi connectivity index (χ2v) is 5.63. The van der Waals surface area contributed by atoms with E-state index in [1.807, 2.05) is 19.9 Å². The van der Waals surface area contributed by atoms with Gasteiger partial charge in [-0.15, -0.1) is 0 Å². The first-order valence-electron chi connectivity index (χ1n) is 6.35. The number of non-ortho nitro benzene ring substituents is 1. The summed E-state index contributed by atoms with van der Waals surface area (Å²) < 4.78 is 0. The Bertz CT molecular complexity index is 689. The second-order valence-electron chi connectivity index (χ2n) is 4.79. The molecule has 0 amide bonds. The Kier molecular flexibility index (Phi) is 4.70. The molecule has 0 fully saturated rings. The average molecular weight is 325 g/mol. The first-order valence-corrected chi connectivity index (χ1v) is 7.10. The zero-order valence-corrected chi connectivity index (χ0v) is 13.1. The van der Waals surface area contributed by atoms with E-state index in [0.717, 1.165) is 16.8 Å². The number of hydrogen-bond acceptors (Lipinski definition) is 3. The van der Waals surface area contributed by atoms with Gasteiger partial charge in [0.2, 0.25) is 0 Å². The van der Waals surface area contributed by atoms with Crippen molar-refractivity contribution >= 4 is 34.6 Å². The third-order valence-corrected chi connectivity index (χ3v) is 3.80. The summed E-state index contributed by atoms with van der Waals surface area (Å²) in [7, 11) is 0. The smallest absolute Gasteiger partial charge is 0.269 e. The second kappa shape index (κ2) is 6.33. The molecule has 0 aliphatic carbocycles. The number of aryl methyl sites for hydroxylation is 1. The van der Waals surface area contributed by atoms with E-state index in [1.165, 1.54) is 12.1 Å². The molecule has 110 valence electrons. The first-order chi connectivity index (χ1) is 9.88. The first kappa shape index (κ1) is 15.6. The Labute approximate surface area is 132 Å². The van der Waals surface area contributed by atoms with Crippen LogP contribution in [0.15, 0.2) is 36.4 Å². The van der Waals surface area contributed by atoms with E-state index in [-0.39, 0.29) is 11.7 Å². The lowest BCUT2D eigenvalue weighted by atomic mass is 10.1. The van der Waals surface area contributed by atoms with E-state index in [4.69, 9.17) is 23.2 Å². The van der Waals surface area contributed by atoms with Gasteiger partial charge in [0.05, 0.1) is 11.0 Å². The van der Waals surface area contributed by atoms with Crippen molar-refractivity contribution < 1.29 is 4.92 Å². The van der Waals surface area contributed by atoms with Crippen LogP contribution in [0.1, 0.15) is 24.1 Å². The van der Waals surface area contributed by atoms with Crippen LogP contribution >= 0.6 is 23.2 Å². The van der Waals surface area contributed by atoms with Crippen molar-refractivity contribution in [1.29, 1.82) is 0 Å². The molecular formula is C15H14Cl2N2O2. The van der Waals surface area contributed by atoms with Gasteiger partial charge in [0.1, 0.15) is 0 Å². The Morgan fingerprint density at radius 3 is 2.52 bits per heavy atom. The molecule has 1 atom stereocenters. The van der Waals surface area contributed by atoms with Gasteiger partial charge in [-0.3, -0.25) is 10.1 Å². The molecule has 0 saturated heterocycles. The topological polar surface area (TPSA) is 55.2 Å². The van der Waals surface area contributed by atoms with Gasteiger partial charge in [-0.2, -0.15) is 0 Å². The molecule has 0 aliphatic heterocycles. The molecule has 0 aliphatic rings. The minimum atomic E-state index is -0.409. The van der Waals surface area contributed by atoms with Crippen LogP contribution in [0.4, 0.5) is 11.4 Å². The predicted molar refractivity (Wildman–Crippen MR) is 86.3 cm³/mol. The molecule has 0 saturated carbocycles. The van der Waals surface area contributed by atoms with E-state index in [1.54, 1.807) is 18.2 Å². The monoisotopic (exact) mass is 324 g/mol. The zero-order valence-electron chi connectivity index (χ0n) is 11.6. The Hall–Kier alpha value is -1.78. The fraction of sp³-hybridized carbons (Fsp3) is 0.200. The summed E-state index contributed by atoms with van der Waals surface area (Å²) in [5.74, 6) is 0. The largest absolute Gasteiger partial charge is 0.378 e. The van der Waals surface area contributed by atoms with Gasteiger partial charge in [-0.1, -0.05) is 23.2 Å². The maximum absolute atomic E-state index is 10.7. The summed E-state index contributed by atoms with van der Waals surface area (Å²) >= 11 is 12.2. The maximum atomic E-state index is 10.7. The summed E-state index contributed by atoms with van der Waals surface area (Å²) in [5, 5.41) is 15.3. The van der Waals surface area contributed by atoms with Crippen LogP contribution in [0.5, 0.6) is 0 Å². The van der Waals surface area contributed by atoms with Crippen molar-refractivity contribution in [2.24, 2.45) is 0 Å². The summed E-state index contributed by atoms with van der Waals surface area (Å²) in [4.78, 5) is 10.3. The van der Waals surface area contributed by atoms with Crippen LogP contribution in [0.2, 0.25) is 10.0 Å². The predicted octanol–water partition coefficient (Wildman–Crippen LogP) is 5.38. The van der Waals surface area contributed by atoms with Crippen molar-refractivity contribution in [3.8, 4) is 0 Å². The average Bonchev–Trinajstić information content (AvgIpc) is 2.43. The third kappa shape index (κ3) is 3.65. The highest BCUT2D eigenvalue weighted by molar-refractivity contribution is 6.33. The van der Waals surface area contributed by atoms with Crippen molar-refractivity contribution in [3.05, 3.63) is 67.7 Å². The molecule has 0 radical (unpaired) electrons. The highest BCUT2D eigenvalue weighted by Gasteiger charge is 2.13. The molecule has 2 aromatic carbocycles. The number of nitro benzene ring substituents is 1. The molecule has 2 rings (SSSR count). The van der Waals surface area contributed by atoms with Gasteiger partial charge in [0.15, 0.2) is 0 Å². The van der Waals surface area contributed by atoms with E-state index in [9.17, 15) is 10.1 Å². The maximum Gasteiger partial charge on any atom is 0.269 e. The number of nitrogens with one attached hydrogen (secondary N) is 1. The highest BCUT2D eigenvalue weighted by Crippen LogP contribution is 2.30. The number of nitrogens with zero attached hydrogens (tertiary/aromatic N) is 1. The lowest BCUT2D eigenvalue weighted by Gasteiger charge is -2.18. The minimum Gasteiger partial charge on any atom is -0.378 e. The molecular weight excluding hydrogens is 311 g/mol. The van der Waals surface area contributed by atoms with Crippen LogP contribution in [0.3, 0.4) is 0 Å². The van der Waals surface area contributed by atoms with Crippen LogP contribution in [0.25, 0.3) is 0 Å². The molecule has 6 heteroatoms. The summed E-state index contributed by atoms with van der Waals surface area (Å²) in [6.45, 7) is 3.78. The van der Waals surface area contributed by atoms with Crippen molar-refractivity contribution in [1.82, 2.24) is 0 Å². The standard InChI is InChI=1S/C15H14Cl2N2O2/c1-9-7-12(19(20)21)4-6-15(9)18-10(2)13-8-11(16)3-5-14(13)17/h3-8,10,18H,1-2H3. The molecule has 0 spiro atoms. The van der Waals surface area contributed by atoms with Gasteiger partial charge in [0, 0.05) is 27.9 Å². The van der Waals surface area contributed by atoms with Crippen LogP contribution in [-0.2, 0) is 0 Å². The van der Waals surface area contributed by atoms with Gasteiger partial charge in [0.25, 0.3) is 5.69 Å².